The Morgan fingerprint density at radius 2 is 1.74 bits per heavy atom. The van der Waals surface area contributed by atoms with Gasteiger partial charge in [-0.2, -0.15) is 0 Å². The van der Waals surface area contributed by atoms with Crippen LogP contribution in [0.4, 0.5) is 0 Å². The zero-order valence-electron chi connectivity index (χ0n) is 32.6. The highest BCUT2D eigenvalue weighted by atomic mass is 16.7. The number of morpholine rings is 1. The third-order valence-corrected chi connectivity index (χ3v) is 9.62. The zero-order chi connectivity index (χ0) is 41.1. The van der Waals surface area contributed by atoms with E-state index in [1.54, 1.807) is 50.2 Å². The predicted octanol–water partition coefficient (Wildman–Crippen LogP) is 4.78. The largest absolute Gasteiger partial charge is 0.464 e. The molecule has 57 heavy (non-hydrogen) atoms. The number of carbonyl (C=O) groups excluding carboxylic acids is 5. The molecule has 3 aromatic rings. The van der Waals surface area contributed by atoms with Gasteiger partial charge in [0.05, 0.1) is 32.2 Å². The molecule has 1 aliphatic carbocycles. The van der Waals surface area contributed by atoms with Gasteiger partial charge in [0.1, 0.15) is 12.3 Å². The second-order valence-corrected chi connectivity index (χ2v) is 14.4. The van der Waals surface area contributed by atoms with E-state index < -0.39 is 42.6 Å². The van der Waals surface area contributed by atoms with Gasteiger partial charge in [0.2, 0.25) is 6.29 Å². The van der Waals surface area contributed by atoms with Gasteiger partial charge in [-0.1, -0.05) is 50.8 Å². The van der Waals surface area contributed by atoms with Crippen LogP contribution in [0.1, 0.15) is 93.6 Å². The van der Waals surface area contributed by atoms with E-state index in [0.717, 1.165) is 25.9 Å². The number of hydrogen-bond acceptors (Lipinski definition) is 13. The van der Waals surface area contributed by atoms with Crippen molar-refractivity contribution in [1.29, 1.82) is 5.41 Å². The fraction of sp³-hybridized carbons (Fsp3) is 0.419. The fourth-order valence-electron chi connectivity index (χ4n) is 6.10. The number of benzene rings is 2. The Labute approximate surface area is 332 Å². The topological polar surface area (TPSA) is 195 Å². The summed E-state index contributed by atoms with van der Waals surface area (Å²) in [5.74, 6) is -3.01. The minimum atomic E-state index is -1.29. The molecule has 14 heteroatoms. The van der Waals surface area contributed by atoms with Crippen molar-refractivity contribution in [3.8, 4) is 11.1 Å². The average Bonchev–Trinajstić information content (AvgIpc) is 4.04. The van der Waals surface area contributed by atoms with Crippen LogP contribution in [0.15, 0.2) is 55.1 Å². The Balaban J connectivity index is 1.38. The molecule has 1 unspecified atom stereocenters. The quantitative estimate of drug-likeness (QED) is 0.0653. The van der Waals surface area contributed by atoms with Gasteiger partial charge in [0.15, 0.2) is 11.5 Å². The molecule has 1 saturated heterocycles. The number of aromatic nitrogens is 1. The van der Waals surface area contributed by atoms with E-state index in [1.165, 1.54) is 25.1 Å². The van der Waals surface area contributed by atoms with Gasteiger partial charge >= 0.3 is 17.9 Å². The normalized spacial score (nSPS) is 14.7. The van der Waals surface area contributed by atoms with Crippen LogP contribution in [0.5, 0.6) is 0 Å². The molecule has 2 heterocycles. The number of rotatable bonds is 19. The number of amides is 1. The van der Waals surface area contributed by atoms with E-state index in [4.69, 9.17) is 24.4 Å². The lowest BCUT2D eigenvalue weighted by Crippen LogP contribution is -2.38. The summed E-state index contributed by atoms with van der Waals surface area (Å²) in [6, 6.07) is 12.8. The molecule has 1 aliphatic heterocycles. The third-order valence-electron chi connectivity index (χ3n) is 9.62. The first-order valence-corrected chi connectivity index (χ1v) is 19.1. The van der Waals surface area contributed by atoms with Crippen molar-refractivity contribution in [3.63, 3.8) is 0 Å². The second-order valence-electron chi connectivity index (χ2n) is 14.4. The second kappa shape index (κ2) is 20.0. The zero-order valence-corrected chi connectivity index (χ0v) is 32.6. The average molecular weight is 783 g/mol. The Morgan fingerprint density at radius 1 is 1.02 bits per heavy atom. The molecule has 3 N–H and O–H groups in total. The monoisotopic (exact) mass is 782 g/mol. The summed E-state index contributed by atoms with van der Waals surface area (Å²) in [6.07, 6.45) is 1.96. The van der Waals surface area contributed by atoms with Crippen LogP contribution >= 0.6 is 0 Å². The first-order valence-electron chi connectivity index (χ1n) is 19.1. The molecule has 1 amide bonds. The van der Waals surface area contributed by atoms with Crippen molar-refractivity contribution >= 4 is 41.4 Å². The number of carbonyl (C=O) groups is 5. The maximum Gasteiger partial charge on any atom is 0.360 e. The lowest BCUT2D eigenvalue weighted by molar-refractivity contribution is -0.169. The van der Waals surface area contributed by atoms with E-state index in [-0.39, 0.29) is 59.0 Å². The molecule has 0 spiro atoms. The molecule has 14 nitrogen and oxygen atoms in total. The molecular weight excluding hydrogens is 732 g/mol. The van der Waals surface area contributed by atoms with E-state index in [1.807, 2.05) is 0 Å². The van der Waals surface area contributed by atoms with Crippen molar-refractivity contribution in [3.05, 3.63) is 94.3 Å². The maximum atomic E-state index is 14.2. The number of ether oxygens (including phenoxy) is 4. The Kier molecular flexibility index (Phi) is 15.0. The van der Waals surface area contributed by atoms with Gasteiger partial charge in [-0.05, 0) is 70.8 Å². The molecule has 302 valence electrons. The van der Waals surface area contributed by atoms with Crippen LogP contribution in [0, 0.1) is 17.2 Å². The first kappa shape index (κ1) is 42.6. The molecule has 1 aromatic heterocycles. The van der Waals surface area contributed by atoms with E-state index in [9.17, 15) is 29.1 Å². The van der Waals surface area contributed by atoms with Crippen LogP contribution in [-0.2, 0) is 41.6 Å². The summed E-state index contributed by atoms with van der Waals surface area (Å²) < 4.78 is 21.4. The molecule has 5 rings (SSSR count). The van der Waals surface area contributed by atoms with Crippen LogP contribution < -0.4 is 5.32 Å². The molecule has 2 aromatic carbocycles. The number of pyridine rings is 1. The third kappa shape index (κ3) is 12.0. The smallest absolute Gasteiger partial charge is 0.360 e. The maximum absolute atomic E-state index is 14.2. The van der Waals surface area contributed by atoms with Crippen LogP contribution in [0.2, 0.25) is 0 Å². The molecule has 2 aliphatic rings. The van der Waals surface area contributed by atoms with Gasteiger partial charge in [-0.25, -0.2) is 9.78 Å². The number of esters is 3. The Morgan fingerprint density at radius 3 is 2.39 bits per heavy atom. The predicted molar refractivity (Wildman–Crippen MR) is 211 cm³/mol. The number of aliphatic hydroxyl groups is 1. The summed E-state index contributed by atoms with van der Waals surface area (Å²) in [5, 5.41) is 21.6. The van der Waals surface area contributed by atoms with Crippen LogP contribution in [0.25, 0.3) is 17.2 Å². The number of aliphatic hydroxyl groups excluding tert-OH is 1. The highest BCUT2D eigenvalue weighted by molar-refractivity contribution is 6.09. The number of Topliss-reactive ketones (excluding diaryl/α,β-unsaturated/α-hetero) is 1. The summed E-state index contributed by atoms with van der Waals surface area (Å²) in [5.41, 5.74) is 2.33. The highest BCUT2D eigenvalue weighted by Gasteiger charge is 2.28. The molecule has 1 saturated carbocycles. The molecule has 0 bridgehead atoms. The number of ketones is 1. The van der Waals surface area contributed by atoms with Gasteiger partial charge in [-0.3, -0.25) is 24.1 Å². The summed E-state index contributed by atoms with van der Waals surface area (Å²) in [6.45, 7) is 12.2. The van der Waals surface area contributed by atoms with Gasteiger partial charge in [0.25, 0.3) is 5.91 Å². The molecular formula is C43H50N4O10. The number of nitrogens with one attached hydrogen (secondary N) is 2. The van der Waals surface area contributed by atoms with Crippen molar-refractivity contribution in [1.82, 2.24) is 15.2 Å². The van der Waals surface area contributed by atoms with Crippen molar-refractivity contribution in [2.24, 2.45) is 11.8 Å². The SMILES string of the molecule is C=Cc1cc(C(=O)Cc2ccc(C(=N)CC(=O)OCCN3CCOCC3)cc2)c(-c2ccc(C(=O)NCC3CC3)nc2C(=O)OC(C)OC(=O)C(C)C)cc1CO. The summed E-state index contributed by atoms with van der Waals surface area (Å²) in [4.78, 5) is 72.2. The molecule has 2 fully saturated rings. The minimum absolute atomic E-state index is 0.0527. The minimum Gasteiger partial charge on any atom is -0.464 e. The molecule has 1 atom stereocenters. The first-order chi connectivity index (χ1) is 27.4. The molecule has 0 radical (unpaired) electrons. The standard InChI is InChI=1S/C43H50N4O10/c1-5-30-21-35(38(49)20-28-8-10-31(11-9-28)36(44)23-39(50)55-19-16-47-14-17-54-18-15-47)34(22-32(30)25-48)33-12-13-37(41(51)45-24-29-6-7-29)46-40(33)43(53)57-27(4)56-42(52)26(2)3/h5,8-13,21-22,26-27,29,44,48H,1,6-7,14-20,23-25H2,2-4H3,(H,45,51). The fourth-order valence-corrected chi connectivity index (χ4v) is 6.10. The van der Waals surface area contributed by atoms with Gasteiger partial charge in [0, 0.05) is 56.4 Å². The summed E-state index contributed by atoms with van der Waals surface area (Å²) in [7, 11) is 0. The van der Waals surface area contributed by atoms with Gasteiger partial charge in [-0.15, -0.1) is 0 Å². The Hall–Kier alpha value is -5.57. The lowest BCUT2D eigenvalue weighted by Gasteiger charge is -2.26. The van der Waals surface area contributed by atoms with E-state index in [0.29, 0.717) is 54.5 Å². The van der Waals surface area contributed by atoms with Crippen LogP contribution in [0.3, 0.4) is 0 Å². The number of hydrogen-bond donors (Lipinski definition) is 3. The Bertz CT molecular complexity index is 1980. The number of nitrogens with zero attached hydrogens (tertiary/aromatic N) is 2. The van der Waals surface area contributed by atoms with Crippen molar-refractivity contribution in [2.45, 2.75) is 59.4 Å². The van der Waals surface area contributed by atoms with Crippen LogP contribution in [-0.4, -0.2) is 103 Å². The lowest BCUT2D eigenvalue weighted by atomic mass is 9.89. The van der Waals surface area contributed by atoms with Crippen molar-refractivity contribution < 1.29 is 48.0 Å². The van der Waals surface area contributed by atoms with E-state index >= 15 is 0 Å². The van der Waals surface area contributed by atoms with Crippen molar-refractivity contribution in [2.75, 3.05) is 46.0 Å². The van der Waals surface area contributed by atoms with Gasteiger partial charge < -0.3 is 34.8 Å². The highest BCUT2D eigenvalue weighted by Crippen LogP contribution is 2.33. The summed E-state index contributed by atoms with van der Waals surface area (Å²) >= 11 is 0. The van der Waals surface area contributed by atoms with E-state index in [2.05, 4.69) is 21.8 Å².